The third-order valence-corrected chi connectivity index (χ3v) is 4.90. The largest absolute Gasteiger partial charge is 0.285 e. The van der Waals surface area contributed by atoms with Gasteiger partial charge in [-0.1, -0.05) is 45.9 Å². The van der Waals surface area contributed by atoms with Gasteiger partial charge in [-0.2, -0.15) is 0 Å². The smallest absolute Gasteiger partial charge is 0.263 e. The lowest BCUT2D eigenvalue weighted by molar-refractivity contribution is -0.546. The predicted molar refractivity (Wildman–Crippen MR) is 70.0 cm³/mol. The molecule has 0 fully saturated rings. The molecule has 1 aliphatic carbocycles. The maximum absolute atomic E-state index is 11.1. The van der Waals surface area contributed by atoms with Crippen LogP contribution < -0.4 is 0 Å². The number of alkyl halides is 4. The van der Waals surface area contributed by atoms with Gasteiger partial charge in [0.15, 0.2) is 0 Å². The summed E-state index contributed by atoms with van der Waals surface area (Å²) in [4.78, 5) is 10.7. The van der Waals surface area contributed by atoms with Gasteiger partial charge < -0.3 is 0 Å². The van der Waals surface area contributed by atoms with Crippen molar-refractivity contribution in [3.63, 3.8) is 0 Å². The second-order valence-corrected chi connectivity index (χ2v) is 7.85. The van der Waals surface area contributed by atoms with E-state index >= 15 is 0 Å². The van der Waals surface area contributed by atoms with E-state index in [0.717, 1.165) is 11.1 Å². The minimum absolute atomic E-state index is 0.254. The summed E-state index contributed by atoms with van der Waals surface area (Å²) in [5.41, 5.74) is 2.02. The van der Waals surface area contributed by atoms with Gasteiger partial charge in [0.25, 0.3) is 4.45 Å². The average molecular weight is 351 g/mol. The van der Waals surface area contributed by atoms with Crippen molar-refractivity contribution in [2.75, 3.05) is 0 Å². The molecule has 0 heterocycles. The number of hydrogen-bond donors (Lipinski definition) is 0. The first-order valence-electron chi connectivity index (χ1n) is 4.64. The second-order valence-electron chi connectivity index (χ2n) is 4.11. The molecule has 92 valence electrons. The van der Waals surface area contributed by atoms with Gasteiger partial charge in [-0.3, -0.25) is 10.1 Å². The van der Waals surface area contributed by atoms with E-state index in [0.29, 0.717) is 6.42 Å². The van der Waals surface area contributed by atoms with Gasteiger partial charge in [0, 0.05) is 20.9 Å². The first-order valence-corrected chi connectivity index (χ1v) is 6.57. The molecule has 1 rings (SSSR count). The van der Waals surface area contributed by atoms with Gasteiger partial charge >= 0.3 is 0 Å². The number of hydrogen-bond acceptors (Lipinski definition) is 2. The van der Waals surface area contributed by atoms with Gasteiger partial charge in [-0.05, 0) is 20.3 Å². The molecule has 0 N–H and O–H groups in total. The molecule has 0 saturated heterocycles. The number of nitrogens with zero attached hydrogens (tertiary/aromatic N) is 1. The molecule has 0 aromatic carbocycles. The zero-order chi connectivity index (χ0) is 12.7. The third kappa shape index (κ3) is 2.66. The Morgan fingerprint density at radius 1 is 1.44 bits per heavy atom. The van der Waals surface area contributed by atoms with Crippen molar-refractivity contribution in [3.8, 4) is 0 Å². The molecule has 2 atom stereocenters. The van der Waals surface area contributed by atoms with Crippen molar-refractivity contribution in [3.05, 3.63) is 21.3 Å². The summed E-state index contributed by atoms with van der Waals surface area (Å²) in [6.45, 7) is 3.77. The van der Waals surface area contributed by atoms with Crippen LogP contribution in [0.1, 0.15) is 26.7 Å². The first-order chi connectivity index (χ1) is 7.09. The third-order valence-electron chi connectivity index (χ3n) is 2.98. The summed E-state index contributed by atoms with van der Waals surface area (Å²) in [6.07, 6.45) is 0.666. The van der Waals surface area contributed by atoms with Crippen molar-refractivity contribution < 1.29 is 4.92 Å². The molecule has 0 spiro atoms. The van der Waals surface area contributed by atoms with Crippen LogP contribution in [0.2, 0.25) is 0 Å². The van der Waals surface area contributed by atoms with E-state index in [1.54, 1.807) is 0 Å². The van der Waals surface area contributed by atoms with Crippen LogP contribution in [0.3, 0.4) is 0 Å². The van der Waals surface area contributed by atoms with E-state index in [2.05, 4.69) is 15.9 Å². The van der Waals surface area contributed by atoms with E-state index in [-0.39, 0.29) is 6.42 Å². The fraction of sp³-hybridized carbons (Fsp3) is 0.778. The number of rotatable bonds is 1. The molecular weight excluding hydrogens is 340 g/mol. The van der Waals surface area contributed by atoms with Gasteiger partial charge in [0.05, 0.1) is 12.3 Å². The highest BCUT2D eigenvalue weighted by Gasteiger charge is 2.58. The van der Waals surface area contributed by atoms with Gasteiger partial charge in [-0.25, -0.2) is 0 Å². The summed E-state index contributed by atoms with van der Waals surface area (Å²) in [7, 11) is 0. The Labute approximate surface area is 117 Å². The quantitative estimate of drug-likeness (QED) is 0.230. The Kier molecular flexibility index (Phi) is 4.21. The average Bonchev–Trinajstić information content (AvgIpc) is 2.09. The van der Waals surface area contributed by atoms with Gasteiger partial charge in [0.1, 0.15) is 0 Å². The zero-order valence-corrected chi connectivity index (χ0v) is 12.6. The Hall–Kier alpha value is 0.490. The van der Waals surface area contributed by atoms with Crippen molar-refractivity contribution in [1.29, 1.82) is 0 Å². The lowest BCUT2D eigenvalue weighted by Crippen LogP contribution is -2.48. The Morgan fingerprint density at radius 2 is 1.94 bits per heavy atom. The molecule has 1 aliphatic rings. The van der Waals surface area contributed by atoms with Crippen LogP contribution in [0.25, 0.3) is 0 Å². The van der Waals surface area contributed by atoms with Crippen LogP contribution in [-0.4, -0.2) is 13.2 Å². The molecule has 0 radical (unpaired) electrons. The molecule has 0 aromatic rings. The lowest BCUT2D eigenvalue weighted by Gasteiger charge is -2.37. The predicted octanol–water partition coefficient (Wildman–Crippen LogP) is 4.47. The van der Waals surface area contributed by atoms with Crippen LogP contribution in [0.4, 0.5) is 0 Å². The summed E-state index contributed by atoms with van der Waals surface area (Å²) in [5, 5.41) is 11.1. The number of allylic oxidation sites excluding steroid dienone is 1. The topological polar surface area (TPSA) is 43.1 Å². The molecule has 0 bridgehead atoms. The maximum Gasteiger partial charge on any atom is 0.285 e. The monoisotopic (exact) mass is 349 g/mol. The van der Waals surface area contributed by atoms with Crippen molar-refractivity contribution >= 4 is 50.7 Å². The van der Waals surface area contributed by atoms with Crippen molar-refractivity contribution in [1.82, 2.24) is 0 Å². The fourth-order valence-corrected chi connectivity index (χ4v) is 3.94. The normalized spacial score (nSPS) is 31.8. The van der Waals surface area contributed by atoms with Crippen molar-refractivity contribution in [2.24, 2.45) is 5.92 Å². The Bertz CT molecular complexity index is 353. The zero-order valence-electron chi connectivity index (χ0n) is 8.77. The summed E-state index contributed by atoms with van der Waals surface area (Å²) < 4.78 is -3.04. The fourth-order valence-electron chi connectivity index (χ4n) is 1.84. The Morgan fingerprint density at radius 3 is 2.31 bits per heavy atom. The van der Waals surface area contributed by atoms with E-state index in [9.17, 15) is 10.1 Å². The van der Waals surface area contributed by atoms with E-state index in [4.69, 9.17) is 34.8 Å². The molecule has 0 saturated carbocycles. The summed E-state index contributed by atoms with van der Waals surface area (Å²) in [5.74, 6) is -0.677. The highest BCUT2D eigenvalue weighted by atomic mass is 79.9. The minimum atomic E-state index is -1.65. The highest BCUT2D eigenvalue weighted by Crippen LogP contribution is 2.53. The van der Waals surface area contributed by atoms with E-state index < -0.39 is 19.1 Å². The van der Waals surface area contributed by atoms with Crippen molar-refractivity contribution in [2.45, 2.75) is 34.9 Å². The van der Waals surface area contributed by atoms with Crippen LogP contribution >= 0.6 is 50.7 Å². The van der Waals surface area contributed by atoms with Gasteiger partial charge in [0.2, 0.25) is 3.79 Å². The van der Waals surface area contributed by atoms with Crippen LogP contribution in [0, 0.1) is 16.0 Å². The van der Waals surface area contributed by atoms with E-state index in [1.807, 2.05) is 13.8 Å². The second kappa shape index (κ2) is 4.63. The molecule has 3 nitrogen and oxygen atoms in total. The maximum atomic E-state index is 11.1. The number of halogens is 4. The minimum Gasteiger partial charge on any atom is -0.263 e. The van der Waals surface area contributed by atoms with Crippen LogP contribution in [-0.2, 0) is 0 Å². The molecule has 0 aliphatic heterocycles. The molecule has 0 aromatic heterocycles. The molecule has 16 heavy (non-hydrogen) atoms. The van der Waals surface area contributed by atoms with E-state index in [1.165, 1.54) is 0 Å². The van der Waals surface area contributed by atoms with Crippen LogP contribution in [0.5, 0.6) is 0 Å². The molecule has 7 heteroatoms. The van der Waals surface area contributed by atoms with Crippen LogP contribution in [0.15, 0.2) is 11.1 Å². The molecule has 0 amide bonds. The molecule has 2 unspecified atom stereocenters. The lowest BCUT2D eigenvalue weighted by atomic mass is 9.82. The highest BCUT2D eigenvalue weighted by molar-refractivity contribution is 9.10. The SMILES string of the molecule is CC1=C(C)CC(Br)([N+](=O)[O-])C(C(Cl)(Cl)Cl)C1. The summed E-state index contributed by atoms with van der Waals surface area (Å²) >= 11 is 20.6. The first kappa shape index (κ1) is 14.6. The van der Waals surface area contributed by atoms with Gasteiger partial charge in [-0.15, -0.1) is 0 Å². The number of nitro groups is 1. The summed E-state index contributed by atoms with van der Waals surface area (Å²) in [6, 6.07) is 0. The Balaban J connectivity index is 3.20. The standard InChI is InChI=1S/C9H11BrCl3NO2/c1-5-3-7(9(11,12)13)8(10,14(15)16)4-6(5)2/h7H,3-4H2,1-2H3. The molecular formula is C9H11BrCl3NO2.